The average molecular weight is 535 g/mol. The van der Waals surface area contributed by atoms with Gasteiger partial charge in [-0.15, -0.1) is 0 Å². The van der Waals surface area contributed by atoms with Crippen LogP contribution in [0.5, 0.6) is 5.75 Å². The summed E-state index contributed by atoms with van der Waals surface area (Å²) in [5.41, 5.74) is 6.33. The Kier molecular flexibility index (Phi) is 6.55. The molecule has 40 heavy (non-hydrogen) atoms. The first-order chi connectivity index (χ1) is 19.2. The van der Waals surface area contributed by atoms with E-state index in [4.69, 9.17) is 9.72 Å². The van der Waals surface area contributed by atoms with Crippen molar-refractivity contribution in [2.24, 2.45) is 7.05 Å². The molecule has 6 rings (SSSR count). The molecule has 1 fully saturated rings. The highest BCUT2D eigenvalue weighted by molar-refractivity contribution is 5.88. The van der Waals surface area contributed by atoms with Gasteiger partial charge in [-0.1, -0.05) is 36.4 Å². The van der Waals surface area contributed by atoms with E-state index in [1.165, 1.54) is 0 Å². The summed E-state index contributed by atoms with van der Waals surface area (Å²) in [5.74, 6) is 0.963. The number of allylic oxidation sites excluding steroid dienone is 1. The molecule has 0 spiro atoms. The van der Waals surface area contributed by atoms with Crippen molar-refractivity contribution in [3.05, 3.63) is 88.4 Å². The van der Waals surface area contributed by atoms with E-state index in [0.29, 0.717) is 19.6 Å². The van der Waals surface area contributed by atoms with Crippen LogP contribution in [-0.4, -0.2) is 64.1 Å². The predicted octanol–water partition coefficient (Wildman–Crippen LogP) is 4.77. The van der Waals surface area contributed by atoms with Crippen LogP contribution in [0.15, 0.2) is 71.7 Å². The molecule has 0 radical (unpaired) electrons. The number of benzene rings is 2. The minimum atomic E-state index is -0.511. The lowest BCUT2D eigenvalue weighted by Crippen LogP contribution is -2.62. The van der Waals surface area contributed by atoms with Crippen molar-refractivity contribution >= 4 is 22.9 Å². The molecule has 0 saturated carbocycles. The van der Waals surface area contributed by atoms with Crippen molar-refractivity contribution in [1.29, 1.82) is 0 Å². The fourth-order valence-corrected chi connectivity index (χ4v) is 5.82. The van der Waals surface area contributed by atoms with Crippen molar-refractivity contribution in [2.75, 3.05) is 33.3 Å². The van der Waals surface area contributed by atoms with Gasteiger partial charge in [0.05, 0.1) is 16.7 Å². The Morgan fingerprint density at radius 2 is 1.73 bits per heavy atom. The normalized spacial score (nSPS) is 16.5. The smallest absolute Gasteiger partial charge is 0.254 e. The molecule has 1 saturated heterocycles. The maximum absolute atomic E-state index is 12.5. The van der Waals surface area contributed by atoms with E-state index >= 15 is 0 Å². The number of fused-ring (bicyclic) bond motifs is 2. The van der Waals surface area contributed by atoms with Gasteiger partial charge in [0, 0.05) is 56.4 Å². The van der Waals surface area contributed by atoms with Crippen molar-refractivity contribution in [1.82, 2.24) is 19.4 Å². The molecule has 2 aromatic heterocycles. The lowest BCUT2D eigenvalue weighted by atomic mass is 9.98. The maximum Gasteiger partial charge on any atom is 0.254 e. The lowest BCUT2D eigenvalue weighted by Gasteiger charge is -2.44. The number of hydrogen-bond donors (Lipinski definition) is 0. The summed E-state index contributed by atoms with van der Waals surface area (Å²) in [6, 6.07) is 18.6. The number of aromatic nitrogens is 2. The number of aryl methyl sites for hydroxylation is 1. The average Bonchev–Trinajstić information content (AvgIpc) is 3.45. The van der Waals surface area contributed by atoms with Gasteiger partial charge in [-0.25, -0.2) is 4.98 Å². The molecular formula is C33H34N4O3. The number of likely N-dealkylation sites (N-methyl/N-ethyl adjacent to an activating group) is 1. The SMILES string of the molecule is CN1CCN(CCOc2ccc(-c3ccc4nc(-c5cn(C)c(=O)c6c5C=CC6)ccc4c3)cc2)C(C)(C)C1=O. The van der Waals surface area contributed by atoms with E-state index in [-0.39, 0.29) is 11.5 Å². The van der Waals surface area contributed by atoms with Crippen molar-refractivity contribution < 1.29 is 9.53 Å². The molecule has 2 aliphatic rings. The number of ether oxygens (including phenoxy) is 1. The second-order valence-corrected chi connectivity index (χ2v) is 11.2. The van der Waals surface area contributed by atoms with Crippen molar-refractivity contribution in [2.45, 2.75) is 25.8 Å². The fraction of sp³-hybridized carbons (Fsp3) is 0.303. The monoisotopic (exact) mass is 534 g/mol. The molecule has 7 heteroatoms. The molecule has 0 bridgehead atoms. The van der Waals surface area contributed by atoms with Crippen LogP contribution in [0.3, 0.4) is 0 Å². The Balaban J connectivity index is 1.15. The summed E-state index contributed by atoms with van der Waals surface area (Å²) in [4.78, 5) is 33.9. The highest BCUT2D eigenvalue weighted by Crippen LogP contribution is 2.31. The zero-order valence-corrected chi connectivity index (χ0v) is 23.5. The van der Waals surface area contributed by atoms with Gasteiger partial charge in [-0.05, 0) is 67.3 Å². The number of amides is 1. The van der Waals surface area contributed by atoms with E-state index < -0.39 is 5.54 Å². The Labute approximate surface area is 234 Å². The Morgan fingerprint density at radius 1 is 0.950 bits per heavy atom. The maximum atomic E-state index is 12.5. The minimum Gasteiger partial charge on any atom is -0.492 e. The number of nitrogens with zero attached hydrogens (tertiary/aromatic N) is 4. The predicted molar refractivity (Wildman–Crippen MR) is 159 cm³/mol. The third-order valence-electron chi connectivity index (χ3n) is 8.27. The topological polar surface area (TPSA) is 67.7 Å². The summed E-state index contributed by atoms with van der Waals surface area (Å²) in [6.07, 6.45) is 6.62. The molecule has 0 unspecified atom stereocenters. The zero-order valence-electron chi connectivity index (χ0n) is 23.5. The van der Waals surface area contributed by atoms with E-state index in [2.05, 4.69) is 41.3 Å². The molecule has 3 heterocycles. The van der Waals surface area contributed by atoms with Gasteiger partial charge in [-0.3, -0.25) is 14.5 Å². The summed E-state index contributed by atoms with van der Waals surface area (Å²) in [5, 5.41) is 1.06. The fourth-order valence-electron chi connectivity index (χ4n) is 5.82. The first kappa shape index (κ1) is 26.0. The summed E-state index contributed by atoms with van der Waals surface area (Å²) in [6.45, 7) is 6.78. The summed E-state index contributed by atoms with van der Waals surface area (Å²) < 4.78 is 7.68. The van der Waals surface area contributed by atoms with Crippen LogP contribution in [0.25, 0.3) is 39.4 Å². The number of piperazine rings is 1. The first-order valence-corrected chi connectivity index (χ1v) is 13.8. The molecule has 1 amide bonds. The molecular weight excluding hydrogens is 500 g/mol. The van der Waals surface area contributed by atoms with E-state index in [0.717, 1.165) is 63.3 Å². The van der Waals surface area contributed by atoms with Gasteiger partial charge in [0.25, 0.3) is 5.56 Å². The van der Waals surface area contributed by atoms with Gasteiger partial charge < -0.3 is 14.2 Å². The molecule has 0 N–H and O–H groups in total. The Morgan fingerprint density at radius 3 is 2.52 bits per heavy atom. The Bertz CT molecular complexity index is 1700. The summed E-state index contributed by atoms with van der Waals surface area (Å²) >= 11 is 0. The van der Waals surface area contributed by atoms with Crippen LogP contribution in [-0.2, 0) is 18.3 Å². The molecule has 4 aromatic rings. The third-order valence-corrected chi connectivity index (χ3v) is 8.27. The van der Waals surface area contributed by atoms with Crippen molar-refractivity contribution in [3.8, 4) is 28.1 Å². The lowest BCUT2D eigenvalue weighted by molar-refractivity contribution is -0.147. The molecule has 2 aromatic carbocycles. The number of carbonyl (C=O) groups is 1. The molecule has 204 valence electrons. The molecule has 0 atom stereocenters. The number of carbonyl (C=O) groups excluding carboxylic acids is 1. The van der Waals surface area contributed by atoms with Crippen molar-refractivity contribution in [3.63, 3.8) is 0 Å². The quantitative estimate of drug-likeness (QED) is 0.357. The van der Waals surface area contributed by atoms with Crippen LogP contribution in [0.2, 0.25) is 0 Å². The third kappa shape index (κ3) is 4.60. The van der Waals surface area contributed by atoms with Gasteiger partial charge in [0.15, 0.2) is 0 Å². The first-order valence-electron chi connectivity index (χ1n) is 13.8. The Hall–Kier alpha value is -4.23. The van der Waals surface area contributed by atoms with E-state index in [1.807, 2.05) is 57.4 Å². The second-order valence-electron chi connectivity index (χ2n) is 11.2. The largest absolute Gasteiger partial charge is 0.492 e. The van der Waals surface area contributed by atoms with Crippen LogP contribution in [0, 0.1) is 0 Å². The zero-order chi connectivity index (χ0) is 28.0. The van der Waals surface area contributed by atoms with Gasteiger partial charge in [-0.2, -0.15) is 0 Å². The van der Waals surface area contributed by atoms with Gasteiger partial charge in [0.2, 0.25) is 5.91 Å². The minimum absolute atomic E-state index is 0.0565. The highest BCUT2D eigenvalue weighted by atomic mass is 16.5. The van der Waals surface area contributed by atoms with Crippen LogP contribution < -0.4 is 10.3 Å². The van der Waals surface area contributed by atoms with E-state index in [9.17, 15) is 9.59 Å². The van der Waals surface area contributed by atoms with Gasteiger partial charge >= 0.3 is 0 Å². The second kappa shape index (κ2) is 10.1. The number of hydrogen-bond acceptors (Lipinski definition) is 5. The molecule has 7 nitrogen and oxygen atoms in total. The van der Waals surface area contributed by atoms with E-state index in [1.54, 1.807) is 16.5 Å². The standard InChI is InChI=1S/C33H34N4O3/c1-33(2)32(39)35(3)16-17-37(33)18-19-40-25-12-8-22(9-13-25)23-10-14-29-24(20-23)11-15-30(34-29)28-21-36(4)31(38)27-7-5-6-26(27)28/h5-6,8-15,20-21H,7,16-19H2,1-4H3. The highest BCUT2D eigenvalue weighted by Gasteiger charge is 2.40. The molecule has 1 aliphatic carbocycles. The van der Waals surface area contributed by atoms with Crippen LogP contribution >= 0.6 is 0 Å². The van der Waals surface area contributed by atoms with Crippen LogP contribution in [0.4, 0.5) is 0 Å². The van der Waals surface area contributed by atoms with Gasteiger partial charge in [0.1, 0.15) is 12.4 Å². The molecule has 1 aliphatic heterocycles. The van der Waals surface area contributed by atoms with Crippen LogP contribution in [0.1, 0.15) is 25.0 Å². The summed E-state index contributed by atoms with van der Waals surface area (Å²) in [7, 11) is 3.66. The number of rotatable bonds is 6. The number of pyridine rings is 2.